The Bertz CT molecular complexity index is 637. The van der Waals surface area contributed by atoms with Crippen LogP contribution in [0.1, 0.15) is 24.0 Å². The summed E-state index contributed by atoms with van der Waals surface area (Å²) in [6.45, 7) is 2.15. The van der Waals surface area contributed by atoms with Crippen molar-refractivity contribution in [2.75, 3.05) is 38.3 Å². The molecule has 1 saturated heterocycles. The maximum Gasteiger partial charge on any atom is 0.416 e. The van der Waals surface area contributed by atoms with Gasteiger partial charge in [-0.15, -0.1) is 0 Å². The van der Waals surface area contributed by atoms with E-state index in [1.54, 1.807) is 6.07 Å². The Morgan fingerprint density at radius 2 is 2.00 bits per heavy atom. The third-order valence-corrected chi connectivity index (χ3v) is 4.64. The summed E-state index contributed by atoms with van der Waals surface area (Å²) in [7, 11) is 1.82. The van der Waals surface area contributed by atoms with Gasteiger partial charge < -0.3 is 20.3 Å². The van der Waals surface area contributed by atoms with Crippen molar-refractivity contribution < 1.29 is 17.9 Å². The van der Waals surface area contributed by atoms with Crippen molar-refractivity contribution in [1.82, 2.24) is 4.90 Å². The minimum absolute atomic E-state index is 0.0822. The predicted octanol–water partition coefficient (Wildman–Crippen LogP) is 2.45. The Kier molecular flexibility index (Phi) is 5.08. The highest BCUT2D eigenvalue weighted by Gasteiger charge is 2.34. The van der Waals surface area contributed by atoms with Crippen LogP contribution in [-0.2, 0) is 17.5 Å². The minimum atomic E-state index is -4.43. The van der Waals surface area contributed by atoms with Crippen molar-refractivity contribution in [3.63, 3.8) is 0 Å². The van der Waals surface area contributed by atoms with Gasteiger partial charge in [-0.2, -0.15) is 13.2 Å². The fraction of sp³-hybridized carbons (Fsp3) is 0.588. The molecule has 0 radical (unpaired) electrons. The molecule has 2 aliphatic rings. The van der Waals surface area contributed by atoms with Crippen molar-refractivity contribution in [3.05, 3.63) is 29.3 Å². The van der Waals surface area contributed by atoms with Gasteiger partial charge in [-0.25, -0.2) is 4.99 Å². The van der Waals surface area contributed by atoms with Crippen LogP contribution in [0.4, 0.5) is 18.9 Å². The van der Waals surface area contributed by atoms with E-state index in [-0.39, 0.29) is 18.1 Å². The number of ether oxygens (including phenoxy) is 1. The molecule has 1 heterocycles. The third kappa shape index (κ3) is 4.36. The zero-order valence-electron chi connectivity index (χ0n) is 14.2. The molecule has 0 bridgehead atoms. The van der Waals surface area contributed by atoms with E-state index >= 15 is 0 Å². The molecule has 0 atom stereocenters. The number of alkyl halides is 3. The normalized spacial score (nSPS) is 19.2. The van der Waals surface area contributed by atoms with Crippen LogP contribution >= 0.6 is 0 Å². The first-order valence-corrected chi connectivity index (χ1v) is 8.42. The summed E-state index contributed by atoms with van der Waals surface area (Å²) in [5, 5.41) is 0. The number of benzene rings is 1. The number of guanidine groups is 1. The number of nitrogens with zero attached hydrogens (tertiary/aromatic N) is 3. The molecule has 0 aromatic heterocycles. The first-order valence-electron chi connectivity index (χ1n) is 8.42. The van der Waals surface area contributed by atoms with Crippen LogP contribution in [0.25, 0.3) is 0 Å². The van der Waals surface area contributed by atoms with Gasteiger partial charge in [0, 0.05) is 31.9 Å². The summed E-state index contributed by atoms with van der Waals surface area (Å²) in [4.78, 5) is 7.89. The molecule has 5 nitrogen and oxygen atoms in total. The molecular formula is C17H23F3N4O. The third-order valence-electron chi connectivity index (χ3n) is 4.64. The number of hydrogen-bond donors (Lipinski definition) is 1. The van der Waals surface area contributed by atoms with Gasteiger partial charge >= 0.3 is 6.18 Å². The zero-order valence-corrected chi connectivity index (χ0v) is 14.2. The van der Waals surface area contributed by atoms with Gasteiger partial charge in [0.25, 0.3) is 0 Å². The summed E-state index contributed by atoms with van der Waals surface area (Å²) < 4.78 is 45.7. The van der Waals surface area contributed by atoms with Gasteiger partial charge in [-0.05, 0) is 30.5 Å². The molecule has 1 saturated carbocycles. The molecule has 1 aromatic rings. The van der Waals surface area contributed by atoms with Gasteiger partial charge in [0.15, 0.2) is 5.96 Å². The van der Waals surface area contributed by atoms with E-state index in [0.29, 0.717) is 38.0 Å². The zero-order chi connectivity index (χ0) is 18.0. The Hall–Kier alpha value is -1.96. The number of aliphatic imine (C=N–C) groups is 1. The van der Waals surface area contributed by atoms with Crippen LogP contribution in [0.5, 0.6) is 0 Å². The fourth-order valence-corrected chi connectivity index (χ4v) is 2.91. The van der Waals surface area contributed by atoms with E-state index in [2.05, 4.69) is 4.99 Å². The summed E-state index contributed by atoms with van der Waals surface area (Å²) in [6.07, 6.45) is -2.33. The molecule has 1 aliphatic carbocycles. The lowest BCUT2D eigenvalue weighted by molar-refractivity contribution is -0.138. The van der Waals surface area contributed by atoms with Gasteiger partial charge in [-0.3, -0.25) is 0 Å². The summed E-state index contributed by atoms with van der Waals surface area (Å²) in [6, 6.07) is 4.79. The van der Waals surface area contributed by atoms with Gasteiger partial charge in [0.1, 0.15) is 0 Å². The van der Waals surface area contributed by atoms with Crippen molar-refractivity contribution >= 4 is 11.6 Å². The maximum absolute atomic E-state index is 13.5. The lowest BCUT2D eigenvalue weighted by Crippen LogP contribution is -2.36. The van der Waals surface area contributed by atoms with Crippen molar-refractivity contribution in [2.24, 2.45) is 10.7 Å². The van der Waals surface area contributed by atoms with E-state index in [0.717, 1.165) is 12.8 Å². The molecule has 1 aromatic carbocycles. The summed E-state index contributed by atoms with van der Waals surface area (Å²) in [5.74, 6) is 0.285. The molecule has 2 fully saturated rings. The average molecular weight is 356 g/mol. The second-order valence-corrected chi connectivity index (χ2v) is 6.46. The minimum Gasteiger partial charge on any atom is -0.378 e. The SMILES string of the molecule is CN(C(N)=NCc1ccc(N2CCOCC2)cc1C(F)(F)F)C1CC1. The second kappa shape index (κ2) is 7.11. The second-order valence-electron chi connectivity index (χ2n) is 6.46. The smallest absolute Gasteiger partial charge is 0.378 e. The molecule has 0 amide bonds. The van der Waals surface area contributed by atoms with Crippen molar-refractivity contribution in [3.8, 4) is 0 Å². The molecule has 2 N–H and O–H groups in total. The molecule has 25 heavy (non-hydrogen) atoms. The van der Waals surface area contributed by atoms with Crippen LogP contribution in [0.3, 0.4) is 0 Å². The number of nitrogens with two attached hydrogens (primary N) is 1. The first-order chi connectivity index (χ1) is 11.9. The highest BCUT2D eigenvalue weighted by atomic mass is 19.4. The maximum atomic E-state index is 13.5. The number of hydrogen-bond acceptors (Lipinski definition) is 3. The van der Waals surface area contributed by atoms with E-state index in [1.807, 2.05) is 16.8 Å². The Balaban J connectivity index is 1.81. The number of anilines is 1. The molecular weight excluding hydrogens is 333 g/mol. The van der Waals surface area contributed by atoms with Gasteiger partial charge in [0.05, 0.1) is 25.3 Å². The molecule has 3 rings (SSSR count). The molecule has 0 unspecified atom stereocenters. The topological polar surface area (TPSA) is 54.1 Å². The number of halogens is 3. The van der Waals surface area contributed by atoms with E-state index in [4.69, 9.17) is 10.5 Å². The lowest BCUT2D eigenvalue weighted by Gasteiger charge is -2.29. The van der Waals surface area contributed by atoms with Crippen LogP contribution in [-0.4, -0.2) is 50.3 Å². The summed E-state index contributed by atoms with van der Waals surface area (Å²) >= 11 is 0. The highest BCUT2D eigenvalue weighted by Crippen LogP contribution is 2.35. The highest BCUT2D eigenvalue weighted by molar-refractivity contribution is 5.78. The van der Waals surface area contributed by atoms with Crippen LogP contribution in [0, 0.1) is 0 Å². The van der Waals surface area contributed by atoms with E-state index in [1.165, 1.54) is 12.1 Å². The number of morpholine rings is 1. The standard InChI is InChI=1S/C17H23F3N4O/c1-23(13-4-5-13)16(21)22-11-12-2-3-14(10-15(12)17(18,19)20)24-6-8-25-9-7-24/h2-3,10,13H,4-9,11H2,1H3,(H2,21,22). The van der Waals surface area contributed by atoms with Crippen molar-refractivity contribution in [2.45, 2.75) is 31.6 Å². The van der Waals surface area contributed by atoms with Crippen molar-refractivity contribution in [1.29, 1.82) is 0 Å². The largest absolute Gasteiger partial charge is 0.416 e. The molecule has 138 valence electrons. The van der Waals surface area contributed by atoms with Crippen LogP contribution in [0.2, 0.25) is 0 Å². The molecule has 8 heteroatoms. The Morgan fingerprint density at radius 1 is 1.32 bits per heavy atom. The van der Waals surface area contributed by atoms with Gasteiger partial charge in [-0.1, -0.05) is 6.07 Å². The first kappa shape index (κ1) is 17.8. The fourth-order valence-electron chi connectivity index (χ4n) is 2.91. The quantitative estimate of drug-likeness (QED) is 0.665. The van der Waals surface area contributed by atoms with Crippen LogP contribution in [0.15, 0.2) is 23.2 Å². The van der Waals surface area contributed by atoms with E-state index in [9.17, 15) is 13.2 Å². The van der Waals surface area contributed by atoms with Crippen LogP contribution < -0.4 is 10.6 Å². The average Bonchev–Trinajstić information content (AvgIpc) is 3.44. The Labute approximate surface area is 145 Å². The monoisotopic (exact) mass is 356 g/mol. The Morgan fingerprint density at radius 3 is 2.60 bits per heavy atom. The number of rotatable bonds is 4. The molecule has 0 spiro atoms. The lowest BCUT2D eigenvalue weighted by atomic mass is 10.1. The summed E-state index contributed by atoms with van der Waals surface area (Å²) in [5.41, 5.74) is 5.93. The predicted molar refractivity (Wildman–Crippen MR) is 90.6 cm³/mol. The molecule has 1 aliphatic heterocycles. The van der Waals surface area contributed by atoms with E-state index < -0.39 is 11.7 Å². The van der Waals surface area contributed by atoms with Gasteiger partial charge in [0.2, 0.25) is 0 Å².